The number of carbonyl (C=O) groups is 1. The first-order valence-electron chi connectivity index (χ1n) is 3.67. The number of pyridine rings is 1. The monoisotopic (exact) mass is 244 g/mol. The van der Waals surface area contributed by atoms with Gasteiger partial charge in [0.2, 0.25) is 0 Å². The van der Waals surface area contributed by atoms with Crippen molar-refractivity contribution in [3.63, 3.8) is 0 Å². The van der Waals surface area contributed by atoms with Gasteiger partial charge in [0.25, 0.3) is 0 Å². The van der Waals surface area contributed by atoms with Crippen molar-refractivity contribution < 1.29 is 9.90 Å². The largest absolute Gasteiger partial charge is 0.478 e. The minimum Gasteiger partial charge on any atom is -0.478 e. The zero-order chi connectivity index (χ0) is 10.0. The molecule has 0 aromatic carbocycles. The molecule has 3 N–H and O–H groups in total. The normalized spacial score (nSPS) is 12.5. The summed E-state index contributed by atoms with van der Waals surface area (Å²) in [5, 5.41) is 8.69. The predicted molar refractivity (Wildman–Crippen MR) is 51.5 cm³/mol. The maximum atomic E-state index is 10.6. The number of hydrogen-bond donors (Lipinski definition) is 2. The third-order valence-corrected chi connectivity index (χ3v) is 2.17. The Morgan fingerprint density at radius 3 is 2.69 bits per heavy atom. The summed E-state index contributed by atoms with van der Waals surface area (Å²) in [6.45, 7) is 1.79. The average Bonchev–Trinajstić information content (AvgIpc) is 2.03. The van der Waals surface area contributed by atoms with Crippen molar-refractivity contribution in [3.05, 3.63) is 28.0 Å². The highest BCUT2D eigenvalue weighted by molar-refractivity contribution is 9.10. The van der Waals surface area contributed by atoms with E-state index in [4.69, 9.17) is 10.8 Å². The van der Waals surface area contributed by atoms with Crippen LogP contribution in [0.25, 0.3) is 0 Å². The summed E-state index contributed by atoms with van der Waals surface area (Å²) < 4.78 is 0.315. The van der Waals surface area contributed by atoms with Crippen LogP contribution in [0.5, 0.6) is 0 Å². The molecule has 0 bridgehead atoms. The number of hydrogen-bond acceptors (Lipinski definition) is 3. The minimum absolute atomic E-state index is 0.143. The van der Waals surface area contributed by atoms with Crippen molar-refractivity contribution in [2.45, 2.75) is 13.0 Å². The van der Waals surface area contributed by atoms with Gasteiger partial charge in [-0.2, -0.15) is 0 Å². The number of aromatic nitrogens is 1. The first kappa shape index (κ1) is 10.1. The van der Waals surface area contributed by atoms with Crippen LogP contribution in [0, 0.1) is 0 Å². The van der Waals surface area contributed by atoms with E-state index in [1.54, 1.807) is 13.0 Å². The van der Waals surface area contributed by atoms with E-state index in [0.717, 1.165) is 0 Å². The number of carboxylic acid groups (broad SMARTS) is 1. The highest BCUT2D eigenvalue weighted by Crippen LogP contribution is 2.17. The van der Waals surface area contributed by atoms with Crippen LogP contribution in [-0.2, 0) is 0 Å². The fourth-order valence-electron chi connectivity index (χ4n) is 0.861. The molecule has 0 unspecified atom stereocenters. The van der Waals surface area contributed by atoms with Crippen LogP contribution in [0.1, 0.15) is 29.0 Å². The first-order chi connectivity index (χ1) is 6.02. The van der Waals surface area contributed by atoms with Gasteiger partial charge in [-0.1, -0.05) is 0 Å². The number of aromatic carboxylic acids is 1. The van der Waals surface area contributed by atoms with E-state index < -0.39 is 5.97 Å². The van der Waals surface area contributed by atoms with Crippen molar-refractivity contribution in [1.29, 1.82) is 0 Å². The third kappa shape index (κ3) is 2.26. The van der Waals surface area contributed by atoms with Crippen molar-refractivity contribution in [3.8, 4) is 0 Å². The summed E-state index contributed by atoms with van der Waals surface area (Å²) in [5.74, 6) is -1.00. The molecule has 4 nitrogen and oxygen atoms in total. The van der Waals surface area contributed by atoms with Gasteiger partial charge in [-0.05, 0) is 35.0 Å². The van der Waals surface area contributed by atoms with Gasteiger partial charge in [0.05, 0.1) is 11.3 Å². The van der Waals surface area contributed by atoms with Gasteiger partial charge in [-0.15, -0.1) is 0 Å². The molecule has 0 saturated carbocycles. The fourth-order valence-corrected chi connectivity index (χ4v) is 1.37. The van der Waals surface area contributed by atoms with Crippen LogP contribution in [0.3, 0.4) is 0 Å². The molecular formula is C8H9BrN2O2. The van der Waals surface area contributed by atoms with Crippen LogP contribution in [0.4, 0.5) is 0 Å². The Kier molecular flexibility index (Phi) is 3.00. The second-order valence-corrected chi connectivity index (χ2v) is 3.42. The summed E-state index contributed by atoms with van der Waals surface area (Å²) in [7, 11) is 0. The lowest BCUT2D eigenvalue weighted by atomic mass is 10.2. The van der Waals surface area contributed by atoms with Crippen molar-refractivity contribution >= 4 is 21.9 Å². The lowest BCUT2D eigenvalue weighted by Gasteiger charge is -2.05. The highest BCUT2D eigenvalue weighted by atomic mass is 79.9. The van der Waals surface area contributed by atoms with E-state index in [0.29, 0.717) is 10.3 Å². The number of nitrogens with zero attached hydrogens (tertiary/aromatic N) is 1. The van der Waals surface area contributed by atoms with Gasteiger partial charge in [-0.3, -0.25) is 0 Å². The lowest BCUT2D eigenvalue weighted by molar-refractivity contribution is 0.0695. The third-order valence-electron chi connectivity index (χ3n) is 1.57. The standard InChI is InChI=1S/C8H9BrN2O2/c1-4(10)6-3-2-5(8(12)13)7(9)11-6/h2-4H,10H2,1H3,(H,12,13)/t4-/m1/s1. The summed E-state index contributed by atoms with van der Waals surface area (Å²) >= 11 is 3.07. The minimum atomic E-state index is -1.00. The van der Waals surface area contributed by atoms with E-state index in [9.17, 15) is 4.79 Å². The van der Waals surface area contributed by atoms with Gasteiger partial charge in [0.1, 0.15) is 4.60 Å². The molecule has 1 aromatic heterocycles. The maximum Gasteiger partial charge on any atom is 0.338 e. The predicted octanol–water partition coefficient (Wildman–Crippen LogP) is 1.56. The lowest BCUT2D eigenvalue weighted by Crippen LogP contribution is -2.09. The van der Waals surface area contributed by atoms with Crippen LogP contribution < -0.4 is 5.73 Å². The molecule has 0 spiro atoms. The number of rotatable bonds is 2. The Bertz CT molecular complexity index is 339. The van der Waals surface area contributed by atoms with Crippen LogP contribution >= 0.6 is 15.9 Å². The maximum absolute atomic E-state index is 10.6. The van der Waals surface area contributed by atoms with Crippen LogP contribution in [0.2, 0.25) is 0 Å². The van der Waals surface area contributed by atoms with Crippen LogP contribution in [0.15, 0.2) is 16.7 Å². The Hall–Kier alpha value is -0.940. The Morgan fingerprint density at radius 1 is 1.69 bits per heavy atom. The molecule has 5 heteroatoms. The molecule has 0 aliphatic rings. The van der Waals surface area contributed by atoms with E-state index in [1.807, 2.05) is 0 Å². The molecule has 1 heterocycles. The topological polar surface area (TPSA) is 76.2 Å². The number of halogens is 1. The fraction of sp³-hybridized carbons (Fsp3) is 0.250. The molecule has 0 amide bonds. The summed E-state index contributed by atoms with van der Waals surface area (Å²) in [6, 6.07) is 2.90. The molecule has 1 atom stereocenters. The summed E-state index contributed by atoms with van der Waals surface area (Å²) in [5.41, 5.74) is 6.38. The zero-order valence-electron chi connectivity index (χ0n) is 6.99. The van der Waals surface area contributed by atoms with Gasteiger partial charge in [-0.25, -0.2) is 9.78 Å². The zero-order valence-corrected chi connectivity index (χ0v) is 8.58. The van der Waals surface area contributed by atoms with Crippen LogP contribution in [-0.4, -0.2) is 16.1 Å². The SMILES string of the molecule is C[C@@H](N)c1ccc(C(=O)O)c(Br)n1. The molecule has 0 radical (unpaired) electrons. The molecule has 0 aliphatic carbocycles. The summed E-state index contributed by atoms with van der Waals surface area (Å²) in [4.78, 5) is 14.6. The molecule has 1 rings (SSSR count). The molecular weight excluding hydrogens is 236 g/mol. The number of nitrogens with two attached hydrogens (primary N) is 1. The Labute approximate surface area is 83.9 Å². The van der Waals surface area contributed by atoms with Gasteiger partial charge >= 0.3 is 5.97 Å². The van der Waals surface area contributed by atoms with Gasteiger partial charge in [0.15, 0.2) is 0 Å². The average molecular weight is 245 g/mol. The van der Waals surface area contributed by atoms with E-state index >= 15 is 0 Å². The quantitative estimate of drug-likeness (QED) is 0.775. The van der Waals surface area contributed by atoms with Crippen molar-refractivity contribution in [1.82, 2.24) is 4.98 Å². The smallest absolute Gasteiger partial charge is 0.338 e. The molecule has 0 saturated heterocycles. The van der Waals surface area contributed by atoms with E-state index in [2.05, 4.69) is 20.9 Å². The second kappa shape index (κ2) is 3.85. The molecule has 1 aromatic rings. The van der Waals surface area contributed by atoms with Crippen molar-refractivity contribution in [2.75, 3.05) is 0 Å². The van der Waals surface area contributed by atoms with E-state index in [-0.39, 0.29) is 11.6 Å². The molecule has 0 aliphatic heterocycles. The van der Waals surface area contributed by atoms with Gasteiger partial charge in [0, 0.05) is 6.04 Å². The number of carboxylic acids is 1. The first-order valence-corrected chi connectivity index (χ1v) is 4.47. The highest BCUT2D eigenvalue weighted by Gasteiger charge is 2.11. The van der Waals surface area contributed by atoms with Gasteiger partial charge < -0.3 is 10.8 Å². The Balaban J connectivity index is 3.13. The molecule has 0 fully saturated rings. The van der Waals surface area contributed by atoms with Crippen molar-refractivity contribution in [2.24, 2.45) is 5.73 Å². The molecule has 13 heavy (non-hydrogen) atoms. The Morgan fingerprint density at radius 2 is 2.31 bits per heavy atom. The van der Waals surface area contributed by atoms with E-state index in [1.165, 1.54) is 6.07 Å². The second-order valence-electron chi connectivity index (χ2n) is 2.67. The summed E-state index contributed by atoms with van der Waals surface area (Å²) in [6.07, 6.45) is 0. The molecule has 70 valence electrons.